The van der Waals surface area contributed by atoms with E-state index in [1.807, 2.05) is 0 Å². The zero-order valence-electron chi connectivity index (χ0n) is 13.6. The van der Waals surface area contributed by atoms with Crippen LogP contribution in [0.25, 0.3) is 10.9 Å². The molecule has 1 atom stereocenters. The van der Waals surface area contributed by atoms with Crippen LogP contribution in [0.2, 0.25) is 0 Å². The number of carbonyl (C=O) groups excluding carboxylic acids is 1. The van der Waals surface area contributed by atoms with E-state index in [9.17, 15) is 9.59 Å². The first kappa shape index (κ1) is 15.2. The summed E-state index contributed by atoms with van der Waals surface area (Å²) in [6, 6.07) is 12.2. The molecule has 0 aliphatic carbocycles. The van der Waals surface area contributed by atoms with E-state index in [0.29, 0.717) is 28.0 Å². The van der Waals surface area contributed by atoms with Crippen LogP contribution in [0.5, 0.6) is 11.5 Å². The van der Waals surface area contributed by atoms with E-state index in [2.05, 4.69) is 10.3 Å². The molecule has 2 heterocycles. The van der Waals surface area contributed by atoms with Gasteiger partial charge in [0.15, 0.2) is 11.5 Å². The number of methoxy groups -OCH3 is 2. The van der Waals surface area contributed by atoms with E-state index in [1.54, 1.807) is 49.6 Å². The van der Waals surface area contributed by atoms with Crippen molar-refractivity contribution in [1.29, 1.82) is 0 Å². The molecule has 7 heteroatoms. The molecule has 0 unspecified atom stereocenters. The van der Waals surface area contributed by atoms with Crippen molar-refractivity contribution in [2.45, 2.75) is 6.17 Å². The van der Waals surface area contributed by atoms with Gasteiger partial charge in [-0.25, -0.2) is 4.98 Å². The lowest BCUT2D eigenvalue weighted by Gasteiger charge is -2.16. The number of nitrogens with one attached hydrogen (secondary N) is 1. The molecule has 2 aromatic carbocycles. The second-order valence-corrected chi connectivity index (χ2v) is 5.62. The average Bonchev–Trinajstić information content (AvgIpc) is 2.98. The molecule has 1 aliphatic heterocycles. The zero-order valence-corrected chi connectivity index (χ0v) is 13.6. The number of amides is 1. The molecule has 1 N–H and O–H groups in total. The summed E-state index contributed by atoms with van der Waals surface area (Å²) >= 11 is 0. The standard InChI is InChI=1S/C18H15N3O4/c1-24-13-8-7-10(9-14(13)25-2)15-20-17(22)16-19-12-6-4-3-5-11(12)18(23)21(15)16/h3-9,15H,1-2H3,(H,20,22)/t15-/m0/s1. The predicted molar refractivity (Wildman–Crippen MR) is 91.2 cm³/mol. The summed E-state index contributed by atoms with van der Waals surface area (Å²) in [7, 11) is 3.08. The summed E-state index contributed by atoms with van der Waals surface area (Å²) in [5.41, 5.74) is 0.935. The quantitative estimate of drug-likeness (QED) is 0.787. The molecule has 0 spiro atoms. The monoisotopic (exact) mass is 337 g/mol. The van der Waals surface area contributed by atoms with Crippen LogP contribution in [-0.4, -0.2) is 29.7 Å². The van der Waals surface area contributed by atoms with E-state index in [4.69, 9.17) is 9.47 Å². The van der Waals surface area contributed by atoms with Crippen LogP contribution in [-0.2, 0) is 0 Å². The summed E-state index contributed by atoms with van der Waals surface area (Å²) < 4.78 is 11.9. The van der Waals surface area contributed by atoms with Crippen LogP contribution in [0.15, 0.2) is 47.3 Å². The van der Waals surface area contributed by atoms with Gasteiger partial charge >= 0.3 is 0 Å². The van der Waals surface area contributed by atoms with Crippen LogP contribution < -0.4 is 20.3 Å². The molecule has 0 fully saturated rings. The third-order valence-electron chi connectivity index (χ3n) is 4.26. The molecule has 0 bridgehead atoms. The van der Waals surface area contributed by atoms with E-state index < -0.39 is 6.17 Å². The number of para-hydroxylation sites is 1. The van der Waals surface area contributed by atoms with Gasteiger partial charge in [-0.05, 0) is 29.8 Å². The Kier molecular flexibility index (Phi) is 3.42. The molecule has 1 aromatic heterocycles. The minimum Gasteiger partial charge on any atom is -0.493 e. The second kappa shape index (κ2) is 5.62. The summed E-state index contributed by atoms with van der Waals surface area (Å²) in [6.45, 7) is 0. The molecule has 4 rings (SSSR count). The Hall–Kier alpha value is -3.35. The van der Waals surface area contributed by atoms with Crippen LogP contribution in [0.1, 0.15) is 22.3 Å². The highest BCUT2D eigenvalue weighted by molar-refractivity contribution is 5.95. The molecule has 1 aliphatic rings. The van der Waals surface area contributed by atoms with Gasteiger partial charge in [0, 0.05) is 0 Å². The maximum atomic E-state index is 12.9. The molecular weight excluding hydrogens is 322 g/mol. The third kappa shape index (κ3) is 2.24. The number of carbonyl (C=O) groups is 1. The van der Waals surface area contributed by atoms with Gasteiger partial charge in [-0.2, -0.15) is 0 Å². The summed E-state index contributed by atoms with van der Waals surface area (Å²) in [6.07, 6.45) is -0.646. The van der Waals surface area contributed by atoms with E-state index in [-0.39, 0.29) is 17.3 Å². The number of aromatic nitrogens is 2. The summed E-state index contributed by atoms with van der Waals surface area (Å²) in [5, 5.41) is 3.27. The number of fused-ring (bicyclic) bond motifs is 2. The number of ether oxygens (including phenoxy) is 2. The molecule has 7 nitrogen and oxygen atoms in total. The Bertz CT molecular complexity index is 1060. The van der Waals surface area contributed by atoms with Crippen molar-refractivity contribution in [3.8, 4) is 11.5 Å². The Morgan fingerprint density at radius 3 is 2.56 bits per heavy atom. The Morgan fingerprint density at radius 1 is 1.04 bits per heavy atom. The van der Waals surface area contributed by atoms with E-state index in [0.717, 1.165) is 0 Å². The van der Waals surface area contributed by atoms with Gasteiger partial charge in [0.2, 0.25) is 5.82 Å². The van der Waals surface area contributed by atoms with E-state index in [1.165, 1.54) is 11.7 Å². The number of benzene rings is 2. The SMILES string of the molecule is COc1ccc([C@H]2NC(=O)c3nc4ccccc4c(=O)n32)cc1OC. The molecule has 1 amide bonds. The average molecular weight is 337 g/mol. The highest BCUT2D eigenvalue weighted by atomic mass is 16.5. The van der Waals surface area contributed by atoms with Crippen molar-refractivity contribution in [3.05, 3.63) is 64.2 Å². The van der Waals surface area contributed by atoms with Crippen LogP contribution in [0, 0.1) is 0 Å². The van der Waals surface area contributed by atoms with Crippen molar-refractivity contribution in [1.82, 2.24) is 14.9 Å². The van der Waals surface area contributed by atoms with Gasteiger partial charge in [-0.15, -0.1) is 0 Å². The highest BCUT2D eigenvalue weighted by Crippen LogP contribution is 2.32. The number of hydrogen-bond acceptors (Lipinski definition) is 5. The zero-order chi connectivity index (χ0) is 17.6. The normalized spacial score (nSPS) is 15.8. The Labute approximate surface area is 142 Å². The second-order valence-electron chi connectivity index (χ2n) is 5.62. The lowest BCUT2D eigenvalue weighted by atomic mass is 10.1. The molecule has 126 valence electrons. The first-order valence-corrected chi connectivity index (χ1v) is 7.68. The molecule has 25 heavy (non-hydrogen) atoms. The van der Waals surface area contributed by atoms with Crippen molar-refractivity contribution >= 4 is 16.8 Å². The first-order valence-electron chi connectivity index (χ1n) is 7.68. The molecule has 3 aromatic rings. The van der Waals surface area contributed by atoms with Gasteiger partial charge in [0.1, 0.15) is 6.17 Å². The van der Waals surface area contributed by atoms with Gasteiger partial charge in [-0.3, -0.25) is 14.2 Å². The van der Waals surface area contributed by atoms with Crippen LogP contribution in [0.3, 0.4) is 0 Å². The summed E-state index contributed by atoms with van der Waals surface area (Å²) in [4.78, 5) is 29.6. The van der Waals surface area contributed by atoms with Gasteiger partial charge in [0.05, 0.1) is 25.1 Å². The molecule has 0 saturated heterocycles. The highest BCUT2D eigenvalue weighted by Gasteiger charge is 2.33. The predicted octanol–water partition coefficient (Wildman–Crippen LogP) is 1.70. The van der Waals surface area contributed by atoms with E-state index >= 15 is 0 Å². The van der Waals surface area contributed by atoms with Gasteiger partial charge < -0.3 is 14.8 Å². The van der Waals surface area contributed by atoms with Crippen LogP contribution in [0.4, 0.5) is 0 Å². The minimum atomic E-state index is -0.646. The van der Waals surface area contributed by atoms with Gasteiger partial charge in [-0.1, -0.05) is 18.2 Å². The Morgan fingerprint density at radius 2 is 1.80 bits per heavy atom. The lowest BCUT2D eigenvalue weighted by molar-refractivity contribution is 0.0956. The maximum absolute atomic E-state index is 12.9. The fourth-order valence-electron chi connectivity index (χ4n) is 3.05. The van der Waals surface area contributed by atoms with Crippen molar-refractivity contribution < 1.29 is 14.3 Å². The summed E-state index contributed by atoms with van der Waals surface area (Å²) in [5.74, 6) is 0.801. The Balaban J connectivity index is 1.93. The smallest absolute Gasteiger partial charge is 0.289 e. The molecule has 0 radical (unpaired) electrons. The van der Waals surface area contributed by atoms with Crippen LogP contribution >= 0.6 is 0 Å². The first-order chi connectivity index (χ1) is 12.1. The minimum absolute atomic E-state index is 0.100. The number of hydrogen-bond donors (Lipinski definition) is 1. The fraction of sp³-hybridized carbons (Fsp3) is 0.167. The van der Waals surface area contributed by atoms with Crippen molar-refractivity contribution in [2.75, 3.05) is 14.2 Å². The topological polar surface area (TPSA) is 82.5 Å². The maximum Gasteiger partial charge on any atom is 0.289 e. The van der Waals surface area contributed by atoms with Crippen molar-refractivity contribution in [3.63, 3.8) is 0 Å². The van der Waals surface area contributed by atoms with Gasteiger partial charge in [0.25, 0.3) is 11.5 Å². The lowest BCUT2D eigenvalue weighted by Crippen LogP contribution is -2.28. The van der Waals surface area contributed by atoms with Crippen molar-refractivity contribution in [2.24, 2.45) is 0 Å². The number of nitrogens with zero attached hydrogens (tertiary/aromatic N) is 2. The third-order valence-corrected chi connectivity index (χ3v) is 4.26. The molecular formula is C18H15N3O4. The number of rotatable bonds is 3. The largest absolute Gasteiger partial charge is 0.493 e. The molecule has 0 saturated carbocycles. The fourth-order valence-corrected chi connectivity index (χ4v) is 3.05.